The molecule has 2 fully saturated rings. The van der Waals surface area contributed by atoms with Crippen molar-refractivity contribution in [1.29, 1.82) is 0 Å². The van der Waals surface area contributed by atoms with E-state index < -0.39 is 0 Å². The molecule has 2 aliphatic heterocycles. The van der Waals surface area contributed by atoms with Gasteiger partial charge in [-0.05, 0) is 69.8 Å². The first-order chi connectivity index (χ1) is 17.5. The van der Waals surface area contributed by atoms with Crippen molar-refractivity contribution in [3.63, 3.8) is 0 Å². The molecule has 9 nitrogen and oxygen atoms in total. The Morgan fingerprint density at radius 1 is 1.03 bits per heavy atom. The van der Waals surface area contributed by atoms with Crippen LogP contribution in [0.1, 0.15) is 42.4 Å². The molecule has 190 valence electrons. The van der Waals surface area contributed by atoms with Gasteiger partial charge in [-0.2, -0.15) is 5.10 Å². The van der Waals surface area contributed by atoms with Crippen molar-refractivity contribution < 1.29 is 4.79 Å². The van der Waals surface area contributed by atoms with E-state index in [0.29, 0.717) is 17.5 Å². The number of hydrogen-bond donors (Lipinski definition) is 2. The number of aromatic nitrogens is 4. The molecule has 1 amide bonds. The number of hydrogen-bond acceptors (Lipinski definition) is 9. The number of nitrogens with zero attached hydrogens (tertiary/aromatic N) is 6. The second-order valence-corrected chi connectivity index (χ2v) is 11.0. The number of carbonyl (C=O) groups is 1. The van der Waals surface area contributed by atoms with E-state index in [-0.39, 0.29) is 11.9 Å². The first-order valence-electron chi connectivity index (χ1n) is 12.7. The van der Waals surface area contributed by atoms with Gasteiger partial charge in [0.05, 0.1) is 0 Å². The standard InChI is InChI=1S/C26H34N8OS/c1-18-12-19(2)14-21(13-18)16-33-9-5-20(6-10-33)15-24(35)29-26-32-31-25(36-26)28-22-7-11-34(17-22)23-4-3-8-27-30-23/h3-4,8,12-14,20,22H,5-7,9-11,15-17H2,1-2H3,(H,28,31)(H,29,32,35)/t22-/m1/s1. The van der Waals surface area contributed by atoms with Gasteiger partial charge in [0.15, 0.2) is 5.82 Å². The van der Waals surface area contributed by atoms with Gasteiger partial charge in [-0.25, -0.2) is 0 Å². The molecule has 0 spiro atoms. The first-order valence-corrected chi connectivity index (χ1v) is 13.5. The number of piperidine rings is 1. The zero-order valence-corrected chi connectivity index (χ0v) is 21.8. The molecule has 4 heterocycles. The summed E-state index contributed by atoms with van der Waals surface area (Å²) in [7, 11) is 0. The minimum absolute atomic E-state index is 0.0279. The zero-order chi connectivity index (χ0) is 24.9. The lowest BCUT2D eigenvalue weighted by atomic mass is 9.93. The van der Waals surface area contributed by atoms with Crippen molar-refractivity contribution in [1.82, 2.24) is 25.3 Å². The molecule has 2 aromatic heterocycles. The number of carbonyl (C=O) groups excluding carboxylic acids is 1. The van der Waals surface area contributed by atoms with Gasteiger partial charge in [0.25, 0.3) is 0 Å². The van der Waals surface area contributed by atoms with E-state index >= 15 is 0 Å². The summed E-state index contributed by atoms with van der Waals surface area (Å²) in [6.07, 6.45) is 5.30. The highest BCUT2D eigenvalue weighted by atomic mass is 32.1. The minimum atomic E-state index is 0.0279. The van der Waals surface area contributed by atoms with Crippen molar-refractivity contribution in [2.75, 3.05) is 41.7 Å². The van der Waals surface area contributed by atoms with Crippen LogP contribution >= 0.6 is 11.3 Å². The molecule has 10 heteroatoms. The SMILES string of the molecule is Cc1cc(C)cc(CN2CCC(CC(=O)Nc3nnc(N[C@@H]4CCN(c5cccnn5)C4)s3)CC2)c1. The van der Waals surface area contributed by atoms with Gasteiger partial charge in [-0.3, -0.25) is 9.69 Å². The van der Waals surface area contributed by atoms with Crippen LogP contribution in [0.2, 0.25) is 0 Å². The van der Waals surface area contributed by atoms with Gasteiger partial charge in [0.2, 0.25) is 16.2 Å². The van der Waals surface area contributed by atoms with E-state index in [1.165, 1.54) is 28.0 Å². The Balaban J connectivity index is 1.04. The topological polar surface area (TPSA) is 99.2 Å². The second-order valence-electron chi connectivity index (χ2n) is 10.0. The van der Waals surface area contributed by atoms with Crippen LogP contribution in [0, 0.1) is 19.8 Å². The lowest BCUT2D eigenvalue weighted by Gasteiger charge is -2.31. The number of anilines is 3. The summed E-state index contributed by atoms with van der Waals surface area (Å²) in [6.45, 7) is 9.11. The van der Waals surface area contributed by atoms with Crippen molar-refractivity contribution in [3.05, 3.63) is 53.2 Å². The van der Waals surface area contributed by atoms with E-state index in [2.05, 4.69) is 72.9 Å². The highest BCUT2D eigenvalue weighted by Gasteiger charge is 2.25. The fraction of sp³-hybridized carbons (Fsp3) is 0.500. The third-order valence-corrected chi connectivity index (χ3v) is 7.71. The number of likely N-dealkylation sites (tertiary alicyclic amines) is 1. The average molecular weight is 507 g/mol. The van der Waals surface area contributed by atoms with Crippen LogP contribution in [0.15, 0.2) is 36.5 Å². The highest BCUT2D eigenvalue weighted by Crippen LogP contribution is 2.26. The molecule has 1 atom stereocenters. The summed E-state index contributed by atoms with van der Waals surface area (Å²) < 4.78 is 0. The van der Waals surface area contributed by atoms with Gasteiger partial charge in [0.1, 0.15) is 0 Å². The van der Waals surface area contributed by atoms with Crippen LogP contribution in [0.5, 0.6) is 0 Å². The average Bonchev–Trinajstić information content (AvgIpc) is 3.50. The summed E-state index contributed by atoms with van der Waals surface area (Å²) in [5.74, 6) is 1.33. The Labute approximate surface area is 216 Å². The first kappa shape index (κ1) is 24.6. The summed E-state index contributed by atoms with van der Waals surface area (Å²) in [5, 5.41) is 24.2. The van der Waals surface area contributed by atoms with Crippen molar-refractivity contribution in [3.8, 4) is 0 Å². The summed E-state index contributed by atoms with van der Waals surface area (Å²) >= 11 is 1.39. The maximum Gasteiger partial charge on any atom is 0.226 e. The molecule has 2 saturated heterocycles. The van der Waals surface area contributed by atoms with Crippen LogP contribution in [0.25, 0.3) is 0 Å². The summed E-state index contributed by atoms with van der Waals surface area (Å²) in [5.41, 5.74) is 4.01. The quantitative estimate of drug-likeness (QED) is 0.475. The van der Waals surface area contributed by atoms with Gasteiger partial charge in [-0.15, -0.1) is 15.3 Å². The van der Waals surface area contributed by atoms with Crippen LogP contribution in [-0.2, 0) is 11.3 Å². The van der Waals surface area contributed by atoms with Crippen molar-refractivity contribution >= 4 is 33.3 Å². The lowest BCUT2D eigenvalue weighted by Crippen LogP contribution is -2.34. The molecule has 0 unspecified atom stereocenters. The van der Waals surface area contributed by atoms with Gasteiger partial charge < -0.3 is 15.5 Å². The van der Waals surface area contributed by atoms with E-state index in [0.717, 1.165) is 62.9 Å². The molecular formula is C26H34N8OS. The molecule has 36 heavy (non-hydrogen) atoms. The number of amides is 1. The zero-order valence-electron chi connectivity index (χ0n) is 21.0. The predicted octanol–water partition coefficient (Wildman–Crippen LogP) is 3.88. The largest absolute Gasteiger partial charge is 0.355 e. The normalized spacial score (nSPS) is 18.9. The third kappa shape index (κ3) is 6.55. The van der Waals surface area contributed by atoms with Gasteiger partial charge >= 0.3 is 0 Å². The minimum Gasteiger partial charge on any atom is -0.355 e. The van der Waals surface area contributed by atoms with Crippen molar-refractivity contribution in [2.45, 2.75) is 52.1 Å². The maximum absolute atomic E-state index is 12.7. The Morgan fingerprint density at radius 3 is 2.56 bits per heavy atom. The number of aryl methyl sites for hydroxylation is 2. The van der Waals surface area contributed by atoms with Gasteiger partial charge in [0, 0.05) is 38.3 Å². The number of nitrogens with one attached hydrogen (secondary N) is 2. The molecule has 3 aromatic rings. The lowest BCUT2D eigenvalue weighted by molar-refractivity contribution is -0.117. The van der Waals surface area contributed by atoms with E-state index in [4.69, 9.17) is 0 Å². The third-order valence-electron chi connectivity index (χ3n) is 6.94. The van der Waals surface area contributed by atoms with Gasteiger partial charge in [-0.1, -0.05) is 40.7 Å². The number of rotatable bonds is 8. The van der Waals surface area contributed by atoms with Crippen molar-refractivity contribution in [2.24, 2.45) is 5.92 Å². The molecule has 0 bridgehead atoms. The van der Waals surface area contributed by atoms with Crippen LogP contribution in [-0.4, -0.2) is 63.4 Å². The van der Waals surface area contributed by atoms with Crippen LogP contribution in [0.4, 0.5) is 16.1 Å². The van der Waals surface area contributed by atoms with Crippen LogP contribution < -0.4 is 15.5 Å². The Bertz CT molecular complexity index is 1140. The molecule has 0 aliphatic carbocycles. The fourth-order valence-corrected chi connectivity index (χ4v) is 5.99. The maximum atomic E-state index is 12.7. The summed E-state index contributed by atoms with van der Waals surface area (Å²) in [4.78, 5) is 17.4. The van der Waals surface area contributed by atoms with E-state index in [1.807, 2.05) is 12.1 Å². The summed E-state index contributed by atoms with van der Waals surface area (Å²) in [6, 6.07) is 10.9. The molecule has 2 N–H and O–H groups in total. The molecular weight excluding hydrogens is 472 g/mol. The molecule has 5 rings (SSSR count). The Hall–Kier alpha value is -3.11. The second kappa shape index (κ2) is 11.3. The van der Waals surface area contributed by atoms with E-state index in [9.17, 15) is 4.79 Å². The Kier molecular flexibility index (Phi) is 7.72. The monoisotopic (exact) mass is 506 g/mol. The Morgan fingerprint density at radius 2 is 1.81 bits per heavy atom. The highest BCUT2D eigenvalue weighted by molar-refractivity contribution is 7.19. The molecule has 1 aromatic carbocycles. The fourth-order valence-electron chi connectivity index (χ4n) is 5.25. The molecule has 0 radical (unpaired) electrons. The molecule has 0 saturated carbocycles. The smallest absolute Gasteiger partial charge is 0.226 e. The number of benzene rings is 1. The predicted molar refractivity (Wildman–Crippen MR) is 143 cm³/mol. The van der Waals surface area contributed by atoms with Crippen LogP contribution in [0.3, 0.4) is 0 Å². The van der Waals surface area contributed by atoms with E-state index in [1.54, 1.807) is 6.20 Å². The molecule has 2 aliphatic rings.